The van der Waals surface area contributed by atoms with Gasteiger partial charge in [-0.2, -0.15) is 0 Å². The van der Waals surface area contributed by atoms with Crippen LogP contribution in [-0.2, 0) is 9.59 Å². The van der Waals surface area contributed by atoms with E-state index < -0.39 is 23.5 Å². The van der Waals surface area contributed by atoms with Crippen molar-refractivity contribution in [2.24, 2.45) is 0 Å². The third-order valence-electron chi connectivity index (χ3n) is 4.82. The van der Waals surface area contributed by atoms with Crippen LogP contribution in [-0.4, -0.2) is 42.0 Å². The maximum atomic E-state index is 12.9. The number of carbonyl (C=O) groups excluding carboxylic acids is 2. The van der Waals surface area contributed by atoms with Gasteiger partial charge in [-0.25, -0.2) is 0 Å². The first-order chi connectivity index (χ1) is 14.5. The van der Waals surface area contributed by atoms with Crippen LogP contribution in [0, 0.1) is 0 Å². The Labute approximate surface area is 175 Å². The minimum absolute atomic E-state index is 0.0222. The molecule has 0 spiro atoms. The van der Waals surface area contributed by atoms with E-state index in [2.05, 4.69) is 0 Å². The van der Waals surface area contributed by atoms with Crippen LogP contribution < -0.4 is 9.47 Å². The Morgan fingerprint density at radius 2 is 2.07 bits per heavy atom. The molecular weight excluding hydrogens is 386 g/mol. The Bertz CT molecular complexity index is 974. The molecule has 0 saturated carbocycles. The van der Waals surface area contributed by atoms with Gasteiger partial charge < -0.3 is 23.9 Å². The second kappa shape index (κ2) is 9.35. The van der Waals surface area contributed by atoms with Gasteiger partial charge in [0.15, 0.2) is 23.0 Å². The van der Waals surface area contributed by atoms with Crippen LogP contribution >= 0.6 is 0 Å². The number of ether oxygens (including phenoxy) is 2. The van der Waals surface area contributed by atoms with E-state index in [1.54, 1.807) is 37.3 Å². The standard InChI is InChI=1S/C23H25NO6/c1-4-12-30-18-11-8-15(14-19(18)28-3)21-20(22(26)23(27)24(21)5-2)17(25)10-9-16-7-6-13-29-16/h6-11,13-14,21,26H,4-5,12H2,1-3H3/b10-9+. The SMILES string of the molecule is CCCOc1ccc(C2C(C(=O)/C=C/c3ccco3)=C(O)C(=O)N2CC)cc1OC. The van der Waals surface area contributed by atoms with Crippen molar-refractivity contribution in [2.75, 3.05) is 20.3 Å². The largest absolute Gasteiger partial charge is 0.503 e. The lowest BCUT2D eigenvalue weighted by Crippen LogP contribution is -2.30. The summed E-state index contributed by atoms with van der Waals surface area (Å²) in [4.78, 5) is 27.0. The fourth-order valence-corrected chi connectivity index (χ4v) is 3.40. The number of aliphatic hydroxyl groups is 1. The van der Waals surface area contributed by atoms with Crippen molar-refractivity contribution in [1.82, 2.24) is 4.90 Å². The fraction of sp³-hybridized carbons (Fsp3) is 0.304. The number of likely N-dealkylation sites (N-methyl/N-ethyl adjacent to an activating group) is 1. The summed E-state index contributed by atoms with van der Waals surface area (Å²) in [5.41, 5.74) is 0.665. The Balaban J connectivity index is 1.99. The molecule has 0 aliphatic carbocycles. The second-order valence-corrected chi connectivity index (χ2v) is 6.73. The summed E-state index contributed by atoms with van der Waals surface area (Å²) >= 11 is 0. The third-order valence-corrected chi connectivity index (χ3v) is 4.82. The van der Waals surface area contributed by atoms with Gasteiger partial charge in [-0.3, -0.25) is 9.59 Å². The number of methoxy groups -OCH3 is 1. The Hall–Kier alpha value is -3.48. The lowest BCUT2D eigenvalue weighted by atomic mass is 9.95. The van der Waals surface area contributed by atoms with E-state index >= 15 is 0 Å². The van der Waals surface area contributed by atoms with Crippen molar-refractivity contribution in [3.05, 3.63) is 65.3 Å². The van der Waals surface area contributed by atoms with Gasteiger partial charge in [-0.1, -0.05) is 13.0 Å². The first-order valence-corrected chi connectivity index (χ1v) is 9.82. The highest BCUT2D eigenvalue weighted by Crippen LogP contribution is 2.40. The Morgan fingerprint density at radius 3 is 2.70 bits per heavy atom. The molecule has 1 atom stereocenters. The number of allylic oxidation sites excluding steroid dienone is 1. The van der Waals surface area contributed by atoms with Crippen molar-refractivity contribution in [1.29, 1.82) is 0 Å². The molecule has 2 aromatic rings. The predicted molar refractivity (Wildman–Crippen MR) is 111 cm³/mol. The van der Waals surface area contributed by atoms with Gasteiger partial charge in [-0.15, -0.1) is 0 Å². The summed E-state index contributed by atoms with van der Waals surface area (Å²) < 4.78 is 16.3. The molecule has 30 heavy (non-hydrogen) atoms. The van der Waals surface area contributed by atoms with Gasteiger partial charge in [-0.05, 0) is 55.3 Å². The van der Waals surface area contributed by atoms with Gasteiger partial charge >= 0.3 is 0 Å². The zero-order valence-corrected chi connectivity index (χ0v) is 17.3. The van der Waals surface area contributed by atoms with Crippen LogP contribution in [0.25, 0.3) is 6.08 Å². The molecule has 1 aromatic heterocycles. The molecule has 0 saturated heterocycles. The van der Waals surface area contributed by atoms with Crippen molar-refractivity contribution in [3.63, 3.8) is 0 Å². The number of nitrogens with zero attached hydrogens (tertiary/aromatic N) is 1. The normalized spacial score (nSPS) is 16.6. The van der Waals surface area contributed by atoms with E-state index in [1.165, 1.54) is 30.4 Å². The zero-order valence-electron chi connectivity index (χ0n) is 17.3. The van der Waals surface area contributed by atoms with Crippen molar-refractivity contribution >= 4 is 17.8 Å². The maximum absolute atomic E-state index is 12.9. The van der Waals surface area contributed by atoms with Crippen LogP contribution in [0.2, 0.25) is 0 Å². The lowest BCUT2D eigenvalue weighted by Gasteiger charge is -2.26. The fourth-order valence-electron chi connectivity index (χ4n) is 3.40. The molecule has 1 unspecified atom stereocenters. The quantitative estimate of drug-likeness (QED) is 0.626. The highest BCUT2D eigenvalue weighted by molar-refractivity contribution is 6.14. The van der Waals surface area contributed by atoms with Crippen LogP contribution in [0.3, 0.4) is 0 Å². The smallest absolute Gasteiger partial charge is 0.290 e. The van der Waals surface area contributed by atoms with Crippen LogP contribution in [0.1, 0.15) is 37.6 Å². The number of hydrogen-bond donors (Lipinski definition) is 1. The summed E-state index contributed by atoms with van der Waals surface area (Å²) in [7, 11) is 1.53. The summed E-state index contributed by atoms with van der Waals surface area (Å²) in [6.45, 7) is 4.66. The van der Waals surface area contributed by atoms with Gasteiger partial charge in [0.1, 0.15) is 5.76 Å². The molecule has 1 aliphatic rings. The van der Waals surface area contributed by atoms with E-state index in [-0.39, 0.29) is 5.57 Å². The number of rotatable bonds is 9. The van der Waals surface area contributed by atoms with E-state index in [1.807, 2.05) is 6.92 Å². The summed E-state index contributed by atoms with van der Waals surface area (Å²) in [6.07, 6.45) is 5.14. The molecule has 158 valence electrons. The molecule has 1 aliphatic heterocycles. The predicted octanol–water partition coefficient (Wildman–Crippen LogP) is 4.07. The molecule has 1 amide bonds. The van der Waals surface area contributed by atoms with Crippen molar-refractivity contribution in [3.8, 4) is 11.5 Å². The second-order valence-electron chi connectivity index (χ2n) is 6.73. The van der Waals surface area contributed by atoms with Crippen molar-refractivity contribution in [2.45, 2.75) is 26.3 Å². The van der Waals surface area contributed by atoms with Gasteiger partial charge in [0.2, 0.25) is 0 Å². The molecule has 1 N–H and O–H groups in total. The molecule has 7 nitrogen and oxygen atoms in total. The Kier molecular flexibility index (Phi) is 6.61. The number of carbonyl (C=O) groups is 2. The molecule has 3 rings (SSSR count). The summed E-state index contributed by atoms with van der Waals surface area (Å²) in [5.74, 6) is -0.0222. The van der Waals surface area contributed by atoms with Crippen LogP contribution in [0.15, 0.2) is 58.4 Å². The van der Waals surface area contributed by atoms with E-state index in [0.29, 0.717) is 36.0 Å². The minimum atomic E-state index is -0.731. The van der Waals surface area contributed by atoms with E-state index in [4.69, 9.17) is 13.9 Å². The topological polar surface area (TPSA) is 89.2 Å². The van der Waals surface area contributed by atoms with Crippen molar-refractivity contribution < 1.29 is 28.6 Å². The molecule has 2 heterocycles. The lowest BCUT2D eigenvalue weighted by molar-refractivity contribution is -0.129. The van der Waals surface area contributed by atoms with Gasteiger partial charge in [0.25, 0.3) is 5.91 Å². The monoisotopic (exact) mass is 411 g/mol. The number of hydrogen-bond acceptors (Lipinski definition) is 6. The van der Waals surface area contributed by atoms with E-state index in [0.717, 1.165) is 6.42 Å². The van der Waals surface area contributed by atoms with E-state index in [9.17, 15) is 14.7 Å². The number of ketones is 1. The molecule has 0 radical (unpaired) electrons. The van der Waals surface area contributed by atoms with Gasteiger partial charge in [0, 0.05) is 6.54 Å². The first kappa shape index (κ1) is 21.2. The average molecular weight is 411 g/mol. The molecule has 1 aromatic carbocycles. The molecule has 0 bridgehead atoms. The average Bonchev–Trinajstić information content (AvgIpc) is 3.37. The Morgan fingerprint density at radius 1 is 1.27 bits per heavy atom. The first-order valence-electron chi connectivity index (χ1n) is 9.82. The van der Waals surface area contributed by atoms with Gasteiger partial charge in [0.05, 0.1) is 31.6 Å². The minimum Gasteiger partial charge on any atom is -0.503 e. The number of furan rings is 1. The molecule has 7 heteroatoms. The molecular formula is C23H25NO6. The number of aliphatic hydroxyl groups excluding tert-OH is 1. The number of amides is 1. The molecule has 0 fully saturated rings. The highest BCUT2D eigenvalue weighted by Gasteiger charge is 2.42. The third kappa shape index (κ3) is 4.10. The van der Waals surface area contributed by atoms with Crippen LogP contribution in [0.4, 0.5) is 0 Å². The summed E-state index contributed by atoms with van der Waals surface area (Å²) in [6, 6.07) is 7.93. The highest BCUT2D eigenvalue weighted by atomic mass is 16.5. The van der Waals surface area contributed by atoms with Crippen LogP contribution in [0.5, 0.6) is 11.5 Å². The zero-order chi connectivity index (χ0) is 21.7. The number of benzene rings is 1. The maximum Gasteiger partial charge on any atom is 0.290 e. The summed E-state index contributed by atoms with van der Waals surface area (Å²) in [5, 5.41) is 10.5.